The molecule has 0 bridgehead atoms. The van der Waals surface area contributed by atoms with Crippen molar-refractivity contribution in [2.24, 2.45) is 0 Å². The number of hydrogen-bond donors (Lipinski definition) is 2. The summed E-state index contributed by atoms with van der Waals surface area (Å²) in [5.74, 6) is -0.290. The van der Waals surface area contributed by atoms with E-state index in [1.54, 1.807) is 26.0 Å². The van der Waals surface area contributed by atoms with Crippen LogP contribution in [0.4, 0.5) is 0 Å². The third-order valence-electron chi connectivity index (χ3n) is 4.36. The molecule has 28 heavy (non-hydrogen) atoms. The molecule has 0 unspecified atom stereocenters. The molecule has 1 amide bonds. The van der Waals surface area contributed by atoms with E-state index in [-0.39, 0.29) is 16.8 Å². The molecular weight excluding hydrogens is 372 g/mol. The Morgan fingerprint density at radius 2 is 1.68 bits per heavy atom. The minimum Gasteiger partial charge on any atom is -0.352 e. The summed E-state index contributed by atoms with van der Waals surface area (Å²) in [4.78, 5) is 12.6. The van der Waals surface area contributed by atoms with Crippen molar-refractivity contribution in [3.8, 4) is 0 Å². The number of sulfonamides is 1. The molecule has 3 rings (SSSR count). The van der Waals surface area contributed by atoms with Crippen molar-refractivity contribution in [1.29, 1.82) is 0 Å². The van der Waals surface area contributed by atoms with E-state index in [0.29, 0.717) is 18.5 Å². The number of benzene rings is 3. The Hall–Kier alpha value is -2.70. The average molecular weight is 397 g/mol. The van der Waals surface area contributed by atoms with Crippen LogP contribution in [0.15, 0.2) is 71.6 Å². The molecule has 146 valence electrons. The Morgan fingerprint density at radius 3 is 2.46 bits per heavy atom. The van der Waals surface area contributed by atoms with Gasteiger partial charge in [0.05, 0.1) is 4.90 Å². The van der Waals surface area contributed by atoms with Crippen LogP contribution in [-0.4, -0.2) is 26.9 Å². The zero-order valence-electron chi connectivity index (χ0n) is 16.0. The summed E-state index contributed by atoms with van der Waals surface area (Å²) in [7, 11) is -3.63. The van der Waals surface area contributed by atoms with Gasteiger partial charge in [-0.15, -0.1) is 0 Å². The number of rotatable bonds is 7. The Kier molecular flexibility index (Phi) is 6.11. The Labute approximate surface area is 165 Å². The van der Waals surface area contributed by atoms with Crippen LogP contribution in [-0.2, 0) is 16.4 Å². The predicted molar refractivity (Wildman–Crippen MR) is 112 cm³/mol. The zero-order chi connectivity index (χ0) is 20.1. The van der Waals surface area contributed by atoms with Gasteiger partial charge in [0.2, 0.25) is 10.0 Å². The standard InChI is InChI=1S/C22H24N2O3S/c1-16(2)24-28(26,27)20-11-6-10-19(15-20)22(25)23-14-13-18-9-5-8-17-7-3-4-12-21(17)18/h3-12,15-16,24H,13-14H2,1-2H3,(H,23,25). The first kappa shape index (κ1) is 20.0. The van der Waals surface area contributed by atoms with Gasteiger partial charge >= 0.3 is 0 Å². The second-order valence-corrected chi connectivity index (χ2v) is 8.66. The highest BCUT2D eigenvalue weighted by atomic mass is 32.2. The van der Waals surface area contributed by atoms with E-state index in [2.05, 4.69) is 34.3 Å². The van der Waals surface area contributed by atoms with Gasteiger partial charge in [-0.1, -0.05) is 48.5 Å². The van der Waals surface area contributed by atoms with Crippen LogP contribution in [0.25, 0.3) is 10.8 Å². The molecule has 0 aliphatic heterocycles. The lowest BCUT2D eigenvalue weighted by Crippen LogP contribution is -2.30. The van der Waals surface area contributed by atoms with Crippen LogP contribution >= 0.6 is 0 Å². The molecule has 0 aromatic heterocycles. The largest absolute Gasteiger partial charge is 0.352 e. The highest BCUT2D eigenvalue weighted by Crippen LogP contribution is 2.18. The normalized spacial score (nSPS) is 11.7. The van der Waals surface area contributed by atoms with Gasteiger partial charge in [-0.3, -0.25) is 4.79 Å². The summed E-state index contributed by atoms with van der Waals surface area (Å²) in [5, 5.41) is 5.22. The summed E-state index contributed by atoms with van der Waals surface area (Å²) < 4.78 is 27.1. The lowest BCUT2D eigenvalue weighted by molar-refractivity contribution is 0.0954. The van der Waals surface area contributed by atoms with Gasteiger partial charge in [-0.05, 0) is 54.8 Å². The number of hydrogen-bond acceptors (Lipinski definition) is 3. The molecule has 3 aromatic carbocycles. The van der Waals surface area contributed by atoms with Crippen LogP contribution in [0.5, 0.6) is 0 Å². The third kappa shape index (κ3) is 4.77. The molecule has 0 saturated carbocycles. The maximum atomic E-state index is 12.5. The van der Waals surface area contributed by atoms with Crippen molar-refractivity contribution in [1.82, 2.24) is 10.0 Å². The van der Waals surface area contributed by atoms with Gasteiger partial charge in [-0.2, -0.15) is 0 Å². The summed E-state index contributed by atoms with van der Waals surface area (Å²) >= 11 is 0. The molecule has 0 heterocycles. The fourth-order valence-electron chi connectivity index (χ4n) is 3.11. The van der Waals surface area contributed by atoms with E-state index >= 15 is 0 Å². The fraction of sp³-hybridized carbons (Fsp3) is 0.227. The van der Waals surface area contributed by atoms with Gasteiger partial charge < -0.3 is 5.32 Å². The SMILES string of the molecule is CC(C)NS(=O)(=O)c1cccc(C(=O)NCCc2cccc3ccccc23)c1. The highest BCUT2D eigenvalue weighted by molar-refractivity contribution is 7.89. The second kappa shape index (κ2) is 8.54. The number of fused-ring (bicyclic) bond motifs is 1. The summed E-state index contributed by atoms with van der Waals surface area (Å²) in [6.45, 7) is 3.97. The molecule has 2 N–H and O–H groups in total. The van der Waals surface area contributed by atoms with Crippen molar-refractivity contribution in [3.05, 3.63) is 77.9 Å². The molecule has 0 atom stereocenters. The number of carbonyl (C=O) groups excluding carboxylic acids is 1. The van der Waals surface area contributed by atoms with E-state index in [1.165, 1.54) is 22.9 Å². The van der Waals surface area contributed by atoms with Gasteiger partial charge in [0, 0.05) is 18.2 Å². The molecular formula is C22H24N2O3S. The number of carbonyl (C=O) groups is 1. The van der Waals surface area contributed by atoms with Gasteiger partial charge in [0.15, 0.2) is 0 Å². The fourth-order valence-corrected chi connectivity index (χ4v) is 4.40. The molecule has 0 aliphatic rings. The molecule has 0 spiro atoms. The minimum atomic E-state index is -3.63. The average Bonchev–Trinajstić information content (AvgIpc) is 2.67. The Morgan fingerprint density at radius 1 is 0.964 bits per heavy atom. The third-order valence-corrected chi connectivity index (χ3v) is 6.01. The van der Waals surface area contributed by atoms with E-state index in [4.69, 9.17) is 0 Å². The highest BCUT2D eigenvalue weighted by Gasteiger charge is 2.17. The summed E-state index contributed by atoms with van der Waals surface area (Å²) in [5.41, 5.74) is 1.49. The first-order valence-electron chi connectivity index (χ1n) is 9.24. The first-order valence-corrected chi connectivity index (χ1v) is 10.7. The van der Waals surface area contributed by atoms with E-state index < -0.39 is 10.0 Å². The van der Waals surface area contributed by atoms with Crippen LogP contribution in [0, 0.1) is 0 Å². The van der Waals surface area contributed by atoms with Crippen LogP contribution in [0.3, 0.4) is 0 Å². The van der Waals surface area contributed by atoms with Crippen molar-refractivity contribution in [2.45, 2.75) is 31.2 Å². The van der Waals surface area contributed by atoms with Gasteiger partial charge in [0.1, 0.15) is 0 Å². The molecule has 0 saturated heterocycles. The minimum absolute atomic E-state index is 0.0860. The van der Waals surface area contributed by atoms with Crippen molar-refractivity contribution >= 4 is 26.7 Å². The van der Waals surface area contributed by atoms with Crippen LogP contribution in [0.1, 0.15) is 29.8 Å². The van der Waals surface area contributed by atoms with Gasteiger partial charge in [-0.25, -0.2) is 13.1 Å². The smallest absolute Gasteiger partial charge is 0.251 e. The number of amides is 1. The molecule has 0 fully saturated rings. The molecule has 0 aliphatic carbocycles. The Balaban J connectivity index is 1.68. The topological polar surface area (TPSA) is 75.3 Å². The van der Waals surface area contributed by atoms with Gasteiger partial charge in [0.25, 0.3) is 5.91 Å². The van der Waals surface area contributed by atoms with E-state index in [9.17, 15) is 13.2 Å². The van der Waals surface area contributed by atoms with E-state index in [0.717, 1.165) is 5.56 Å². The first-order chi connectivity index (χ1) is 13.4. The maximum absolute atomic E-state index is 12.5. The second-order valence-electron chi connectivity index (χ2n) is 6.95. The van der Waals surface area contributed by atoms with Crippen molar-refractivity contribution in [3.63, 3.8) is 0 Å². The van der Waals surface area contributed by atoms with Crippen molar-refractivity contribution in [2.75, 3.05) is 6.54 Å². The predicted octanol–water partition coefficient (Wildman–Crippen LogP) is 3.50. The van der Waals surface area contributed by atoms with Crippen molar-refractivity contribution < 1.29 is 13.2 Å². The van der Waals surface area contributed by atoms with Crippen LogP contribution < -0.4 is 10.0 Å². The number of nitrogens with one attached hydrogen (secondary N) is 2. The summed E-state index contributed by atoms with van der Waals surface area (Å²) in [6.07, 6.45) is 0.694. The summed E-state index contributed by atoms with van der Waals surface area (Å²) in [6, 6.07) is 20.1. The van der Waals surface area contributed by atoms with E-state index in [1.807, 2.05) is 18.2 Å². The molecule has 5 nitrogen and oxygen atoms in total. The Bertz CT molecular complexity index is 1090. The maximum Gasteiger partial charge on any atom is 0.251 e. The lowest BCUT2D eigenvalue weighted by atomic mass is 10.0. The van der Waals surface area contributed by atoms with Crippen LogP contribution in [0.2, 0.25) is 0 Å². The molecule has 6 heteroatoms. The quantitative estimate of drug-likeness (QED) is 0.642. The molecule has 0 radical (unpaired) electrons. The zero-order valence-corrected chi connectivity index (χ0v) is 16.8. The lowest BCUT2D eigenvalue weighted by Gasteiger charge is -2.11. The monoisotopic (exact) mass is 396 g/mol. The molecule has 3 aromatic rings.